The number of nitriles is 1. The SMILES string of the molecule is N#CC1(CNCc2ccc3ncoc3c2)CC1. The molecule has 1 N–H and O–H groups in total. The van der Waals surface area contributed by atoms with E-state index < -0.39 is 0 Å². The normalized spacial score (nSPS) is 16.9. The number of nitrogens with zero attached hydrogens (tertiary/aromatic N) is 2. The molecule has 1 saturated carbocycles. The van der Waals surface area contributed by atoms with Crippen molar-refractivity contribution in [2.45, 2.75) is 19.4 Å². The Balaban J connectivity index is 1.63. The molecule has 0 spiro atoms. The zero-order chi connectivity index (χ0) is 11.7. The molecule has 1 aliphatic rings. The van der Waals surface area contributed by atoms with Crippen LogP contribution in [0.3, 0.4) is 0 Å². The average molecular weight is 227 g/mol. The summed E-state index contributed by atoms with van der Waals surface area (Å²) in [6.07, 6.45) is 3.51. The quantitative estimate of drug-likeness (QED) is 0.870. The highest BCUT2D eigenvalue weighted by Crippen LogP contribution is 2.44. The van der Waals surface area contributed by atoms with Gasteiger partial charge in [-0.15, -0.1) is 0 Å². The molecule has 17 heavy (non-hydrogen) atoms. The molecule has 3 rings (SSSR count). The lowest BCUT2D eigenvalue weighted by molar-refractivity contribution is 0.557. The van der Waals surface area contributed by atoms with E-state index in [1.165, 1.54) is 6.39 Å². The van der Waals surface area contributed by atoms with Crippen molar-refractivity contribution in [3.8, 4) is 6.07 Å². The van der Waals surface area contributed by atoms with Gasteiger partial charge in [0.25, 0.3) is 0 Å². The van der Waals surface area contributed by atoms with Crippen molar-refractivity contribution in [2.24, 2.45) is 5.41 Å². The third-order valence-corrected chi connectivity index (χ3v) is 3.28. The van der Waals surface area contributed by atoms with Crippen molar-refractivity contribution in [3.63, 3.8) is 0 Å². The molecule has 0 bridgehead atoms. The highest BCUT2D eigenvalue weighted by atomic mass is 16.3. The summed E-state index contributed by atoms with van der Waals surface area (Å²) < 4.78 is 5.25. The van der Waals surface area contributed by atoms with Gasteiger partial charge < -0.3 is 9.73 Å². The van der Waals surface area contributed by atoms with E-state index >= 15 is 0 Å². The van der Waals surface area contributed by atoms with Crippen molar-refractivity contribution in [1.29, 1.82) is 5.26 Å². The number of fused-ring (bicyclic) bond motifs is 1. The third kappa shape index (κ3) is 2.02. The van der Waals surface area contributed by atoms with Crippen molar-refractivity contribution in [3.05, 3.63) is 30.2 Å². The summed E-state index contributed by atoms with van der Waals surface area (Å²) in [4.78, 5) is 4.07. The second-order valence-corrected chi connectivity index (χ2v) is 4.65. The fourth-order valence-electron chi connectivity index (χ4n) is 1.93. The summed E-state index contributed by atoms with van der Waals surface area (Å²) in [5, 5.41) is 12.3. The summed E-state index contributed by atoms with van der Waals surface area (Å²) >= 11 is 0. The Morgan fingerprint density at radius 2 is 2.35 bits per heavy atom. The zero-order valence-corrected chi connectivity index (χ0v) is 9.44. The van der Waals surface area contributed by atoms with Crippen molar-refractivity contribution in [1.82, 2.24) is 10.3 Å². The maximum Gasteiger partial charge on any atom is 0.181 e. The van der Waals surface area contributed by atoms with E-state index in [1.807, 2.05) is 18.2 Å². The van der Waals surface area contributed by atoms with Crippen LogP contribution in [0.2, 0.25) is 0 Å². The van der Waals surface area contributed by atoms with Gasteiger partial charge in [-0.2, -0.15) is 5.26 Å². The first kappa shape index (κ1) is 10.3. The van der Waals surface area contributed by atoms with Gasteiger partial charge in [0.05, 0.1) is 11.5 Å². The second kappa shape index (κ2) is 3.86. The van der Waals surface area contributed by atoms with Crippen LogP contribution in [0.4, 0.5) is 0 Å². The van der Waals surface area contributed by atoms with Gasteiger partial charge in [-0.05, 0) is 30.5 Å². The molecule has 0 saturated heterocycles. The predicted molar refractivity (Wildman–Crippen MR) is 63.0 cm³/mol. The Bertz CT molecular complexity index is 578. The summed E-state index contributed by atoms with van der Waals surface area (Å²) in [5.41, 5.74) is 2.76. The number of hydrogen-bond donors (Lipinski definition) is 1. The van der Waals surface area contributed by atoms with Crippen LogP contribution in [-0.4, -0.2) is 11.5 Å². The van der Waals surface area contributed by atoms with E-state index in [0.717, 1.165) is 42.6 Å². The molecule has 0 unspecified atom stereocenters. The van der Waals surface area contributed by atoms with Gasteiger partial charge in [0.15, 0.2) is 12.0 Å². The van der Waals surface area contributed by atoms with Crippen LogP contribution in [-0.2, 0) is 6.54 Å². The molecule has 1 aliphatic carbocycles. The first-order valence-electron chi connectivity index (χ1n) is 5.75. The Kier molecular flexibility index (Phi) is 2.34. The number of benzene rings is 1. The van der Waals surface area contributed by atoms with E-state index in [1.54, 1.807) is 0 Å². The largest absolute Gasteiger partial charge is 0.443 e. The lowest BCUT2D eigenvalue weighted by atomic mass is 10.1. The number of nitrogens with one attached hydrogen (secondary N) is 1. The second-order valence-electron chi connectivity index (χ2n) is 4.65. The van der Waals surface area contributed by atoms with Gasteiger partial charge in [-0.3, -0.25) is 0 Å². The number of rotatable bonds is 4. The van der Waals surface area contributed by atoms with Crippen LogP contribution in [0.5, 0.6) is 0 Å². The standard InChI is InChI=1S/C13H13N3O/c14-7-13(3-4-13)8-15-6-10-1-2-11-12(5-10)17-9-16-11/h1-2,5,9,15H,3-4,6,8H2. The first-order chi connectivity index (χ1) is 8.31. The Hall–Kier alpha value is -1.86. The number of hydrogen-bond acceptors (Lipinski definition) is 4. The summed E-state index contributed by atoms with van der Waals surface area (Å²) in [5.74, 6) is 0. The third-order valence-electron chi connectivity index (χ3n) is 3.28. The van der Waals surface area contributed by atoms with Crippen LogP contribution in [0.1, 0.15) is 18.4 Å². The first-order valence-corrected chi connectivity index (χ1v) is 5.75. The molecule has 0 atom stereocenters. The van der Waals surface area contributed by atoms with E-state index in [2.05, 4.69) is 16.4 Å². The molecule has 1 heterocycles. The molecule has 1 aromatic heterocycles. The minimum absolute atomic E-state index is 0.0870. The van der Waals surface area contributed by atoms with Crippen molar-refractivity contribution >= 4 is 11.1 Å². The molecule has 1 aromatic carbocycles. The van der Waals surface area contributed by atoms with Crippen molar-refractivity contribution in [2.75, 3.05) is 6.54 Å². The van der Waals surface area contributed by atoms with E-state index in [4.69, 9.17) is 9.68 Å². The summed E-state index contributed by atoms with van der Waals surface area (Å²) in [6, 6.07) is 8.34. The molecular formula is C13H13N3O. The number of oxazole rings is 1. The van der Waals surface area contributed by atoms with E-state index in [9.17, 15) is 0 Å². The van der Waals surface area contributed by atoms with Crippen molar-refractivity contribution < 1.29 is 4.42 Å². The lowest BCUT2D eigenvalue weighted by Crippen LogP contribution is -2.22. The monoisotopic (exact) mass is 227 g/mol. The Labute approximate surface area is 99.3 Å². The maximum atomic E-state index is 8.95. The molecule has 0 amide bonds. The highest BCUT2D eigenvalue weighted by molar-refractivity contribution is 5.72. The summed E-state index contributed by atoms with van der Waals surface area (Å²) in [7, 11) is 0. The van der Waals surface area contributed by atoms with Gasteiger partial charge in [0.1, 0.15) is 5.52 Å². The van der Waals surface area contributed by atoms with Gasteiger partial charge in [-0.1, -0.05) is 6.07 Å². The van der Waals surface area contributed by atoms with Gasteiger partial charge >= 0.3 is 0 Å². The van der Waals surface area contributed by atoms with Crippen LogP contribution in [0, 0.1) is 16.7 Å². The lowest BCUT2D eigenvalue weighted by Gasteiger charge is -2.07. The predicted octanol–water partition coefficient (Wildman–Crippen LogP) is 2.22. The summed E-state index contributed by atoms with van der Waals surface area (Å²) in [6.45, 7) is 1.54. The molecule has 86 valence electrons. The maximum absolute atomic E-state index is 8.95. The van der Waals surface area contributed by atoms with E-state index in [0.29, 0.717) is 0 Å². The molecular weight excluding hydrogens is 214 g/mol. The highest BCUT2D eigenvalue weighted by Gasteiger charge is 2.42. The fraction of sp³-hybridized carbons (Fsp3) is 0.385. The average Bonchev–Trinajstić information content (AvgIpc) is 2.98. The molecule has 1 fully saturated rings. The van der Waals surface area contributed by atoms with Gasteiger partial charge in [-0.25, -0.2) is 4.98 Å². The van der Waals surface area contributed by atoms with Crippen LogP contribution < -0.4 is 5.32 Å². The Morgan fingerprint density at radius 1 is 1.47 bits per heavy atom. The molecule has 4 nitrogen and oxygen atoms in total. The van der Waals surface area contributed by atoms with Crippen LogP contribution in [0.15, 0.2) is 29.0 Å². The molecule has 4 heteroatoms. The molecule has 0 radical (unpaired) electrons. The fourth-order valence-corrected chi connectivity index (χ4v) is 1.93. The topological polar surface area (TPSA) is 61.9 Å². The minimum atomic E-state index is -0.0870. The van der Waals surface area contributed by atoms with Crippen LogP contribution >= 0.6 is 0 Å². The van der Waals surface area contributed by atoms with Gasteiger partial charge in [0.2, 0.25) is 0 Å². The number of aromatic nitrogens is 1. The van der Waals surface area contributed by atoms with Crippen LogP contribution in [0.25, 0.3) is 11.1 Å². The van der Waals surface area contributed by atoms with E-state index in [-0.39, 0.29) is 5.41 Å². The van der Waals surface area contributed by atoms with Gasteiger partial charge in [0, 0.05) is 13.1 Å². The molecule has 2 aromatic rings. The zero-order valence-electron chi connectivity index (χ0n) is 9.44. The Morgan fingerprint density at radius 3 is 3.12 bits per heavy atom. The smallest absolute Gasteiger partial charge is 0.181 e. The minimum Gasteiger partial charge on any atom is -0.443 e. The molecule has 0 aliphatic heterocycles.